The fourth-order valence-electron chi connectivity index (χ4n) is 6.93. The van der Waals surface area contributed by atoms with Crippen LogP contribution >= 0.6 is 0 Å². The fraction of sp³-hybridized carbons (Fsp3) is 0.231. The molecule has 0 radical (unpaired) electrons. The van der Waals surface area contributed by atoms with Crippen LogP contribution in [0.5, 0.6) is 0 Å². The van der Waals surface area contributed by atoms with Gasteiger partial charge in [0.15, 0.2) is 21.1 Å². The van der Waals surface area contributed by atoms with Crippen LogP contribution in [0.3, 0.4) is 0 Å². The molecule has 2 heterocycles. The van der Waals surface area contributed by atoms with Gasteiger partial charge in [0, 0.05) is 66.4 Å². The molecule has 2 amide bonds. The summed E-state index contributed by atoms with van der Waals surface area (Å²) < 4.78 is 77.9. The number of rotatable bonds is 17. The summed E-state index contributed by atoms with van der Waals surface area (Å²) in [7, 11) is -8.70. The molecule has 6 rings (SSSR count). The zero-order valence-electron chi connectivity index (χ0n) is 31.4. The fourth-order valence-corrected chi connectivity index (χ4v) is 8.42. The molecule has 1 aliphatic carbocycles. The van der Waals surface area contributed by atoms with Gasteiger partial charge in [0.05, 0.1) is 16.6 Å². The van der Waals surface area contributed by atoms with Crippen LogP contribution < -0.4 is 27.2 Å². The number of carboxylic acid groups (broad SMARTS) is 1. The van der Waals surface area contributed by atoms with Gasteiger partial charge in [0.2, 0.25) is 5.91 Å². The number of nitrogens with two attached hydrogens (primary N) is 1. The smallest absolute Gasteiger partial charge is 0.336 e. The molecule has 0 atom stereocenters. The number of amides is 2. The molecule has 2 aliphatic rings. The summed E-state index contributed by atoms with van der Waals surface area (Å²) in [6.07, 6.45) is 2.08. The van der Waals surface area contributed by atoms with E-state index in [-0.39, 0.29) is 46.5 Å². The normalized spacial score (nSPS) is 12.0. The predicted octanol–water partition coefficient (Wildman–Crippen LogP) is 4.17. The third-order valence-corrected chi connectivity index (χ3v) is 11.4. The predicted molar refractivity (Wildman–Crippen MR) is 215 cm³/mol. The van der Waals surface area contributed by atoms with Crippen molar-refractivity contribution in [3.8, 4) is 22.5 Å². The molecule has 310 valence electrons. The largest absolute Gasteiger partial charge is 0.478 e. The van der Waals surface area contributed by atoms with E-state index in [4.69, 9.17) is 20.4 Å². The summed E-state index contributed by atoms with van der Waals surface area (Å²) >= 11 is 0. The van der Waals surface area contributed by atoms with Crippen molar-refractivity contribution in [3.05, 3.63) is 95.0 Å². The summed E-state index contributed by atoms with van der Waals surface area (Å²) in [6.45, 7) is 1.44. The number of nitrogens with zero attached hydrogens (tertiary/aromatic N) is 1. The van der Waals surface area contributed by atoms with Crippen molar-refractivity contribution in [2.24, 2.45) is 0 Å². The van der Waals surface area contributed by atoms with Gasteiger partial charge in [-0.05, 0) is 84.8 Å². The number of carbonyl (C=O) groups excluding carboxylic acids is 2. The lowest BCUT2D eigenvalue weighted by atomic mass is 9.89. The number of nitrogens with one attached hydrogen (secondary N) is 4. The Morgan fingerprint density at radius 1 is 0.864 bits per heavy atom. The average molecular weight is 849 g/mol. The number of hydrogen-bond acceptors (Lipinski definition) is 12. The summed E-state index contributed by atoms with van der Waals surface area (Å²) in [5.41, 5.74) is 8.33. The first-order chi connectivity index (χ1) is 28.0. The molecular formula is C39H40N6O12S2. The standard InChI is InChI=1S/C39H40N6O12S2/c1-42-56-21-24-19-22-7-3-4-8-31(22)45(24)18-15-32(46)43-16-5-2-6-17-44-38(47)23-9-10-25(39(48)49)28(20-23)33-26-11-13-29(40)36(58(50,51)52)34(26)57-35-27(33)12-14-30(41)37(35)59(53,54)55/h3-4,7-14,19-20,40,42H,2,5-6,15-18,21,41H2,1H3,(H,43,46)(H,44,47)(H,48,49)(H,50,51,52)(H,53,54,55). The Balaban J connectivity index is 1.16. The molecule has 59 heavy (non-hydrogen) atoms. The molecule has 18 nitrogen and oxygen atoms in total. The second kappa shape index (κ2) is 17.4. The molecule has 4 aromatic rings. The Bertz CT molecular complexity index is 2870. The molecule has 3 aromatic carbocycles. The maximum absolute atomic E-state index is 13.4. The van der Waals surface area contributed by atoms with Gasteiger partial charge in [-0.25, -0.2) is 10.3 Å². The quantitative estimate of drug-likeness (QED) is 0.0210. The highest BCUT2D eigenvalue weighted by molar-refractivity contribution is 7.86. The second-order valence-electron chi connectivity index (χ2n) is 13.4. The minimum atomic E-state index is -5.21. The van der Waals surface area contributed by atoms with Gasteiger partial charge in [0.1, 0.15) is 6.61 Å². The minimum Gasteiger partial charge on any atom is -0.478 e. The van der Waals surface area contributed by atoms with Crippen LogP contribution in [-0.2, 0) is 43.0 Å². The first-order valence-electron chi connectivity index (χ1n) is 18.1. The molecule has 0 unspecified atom stereocenters. The number of nitrogen functional groups attached to an aromatic ring is 1. The van der Waals surface area contributed by atoms with Gasteiger partial charge >= 0.3 is 5.97 Å². The molecule has 20 heteroatoms. The zero-order valence-corrected chi connectivity index (χ0v) is 33.1. The Labute approximate surface area is 337 Å². The number of aryl methyl sites for hydroxylation is 1. The highest BCUT2D eigenvalue weighted by Gasteiger charge is 2.32. The molecule has 0 saturated carbocycles. The van der Waals surface area contributed by atoms with E-state index in [9.17, 15) is 45.4 Å². The topological polar surface area (TPSA) is 293 Å². The van der Waals surface area contributed by atoms with Crippen LogP contribution in [0.25, 0.3) is 44.3 Å². The third kappa shape index (κ3) is 9.12. The van der Waals surface area contributed by atoms with Crippen molar-refractivity contribution in [1.82, 2.24) is 20.7 Å². The summed E-state index contributed by atoms with van der Waals surface area (Å²) in [4.78, 5) is 41.9. The average Bonchev–Trinajstić information content (AvgIpc) is 3.53. The van der Waals surface area contributed by atoms with E-state index in [1.807, 2.05) is 30.3 Å². The van der Waals surface area contributed by atoms with E-state index in [1.165, 1.54) is 24.3 Å². The van der Waals surface area contributed by atoms with Gasteiger partial charge in [-0.15, -0.1) is 0 Å². The molecule has 1 aromatic heterocycles. The van der Waals surface area contributed by atoms with Gasteiger partial charge < -0.3 is 30.5 Å². The van der Waals surface area contributed by atoms with Crippen LogP contribution in [-0.4, -0.2) is 73.5 Å². The molecule has 0 spiro atoms. The number of carbonyl (C=O) groups is 3. The Kier molecular flexibility index (Phi) is 12.5. The molecule has 0 fully saturated rings. The number of aromatic nitrogens is 1. The first-order valence-corrected chi connectivity index (χ1v) is 21.0. The molecular weight excluding hydrogens is 809 g/mol. The Morgan fingerprint density at radius 3 is 2.27 bits per heavy atom. The Hall–Kier alpha value is -6.16. The van der Waals surface area contributed by atoms with Crippen molar-refractivity contribution in [3.63, 3.8) is 0 Å². The van der Waals surface area contributed by atoms with Crippen LogP contribution in [0.2, 0.25) is 0 Å². The maximum atomic E-state index is 13.4. The number of anilines is 1. The van der Waals surface area contributed by atoms with Gasteiger partial charge in [-0.3, -0.25) is 28.9 Å². The number of carboxylic acids is 1. The van der Waals surface area contributed by atoms with E-state index in [2.05, 4.69) is 20.7 Å². The summed E-state index contributed by atoms with van der Waals surface area (Å²) in [5.74, 6) is -2.92. The minimum absolute atomic E-state index is 0.0203. The van der Waals surface area contributed by atoms with E-state index in [0.717, 1.165) is 34.8 Å². The van der Waals surface area contributed by atoms with E-state index in [0.29, 0.717) is 39.0 Å². The van der Waals surface area contributed by atoms with Crippen molar-refractivity contribution >= 4 is 65.6 Å². The lowest BCUT2D eigenvalue weighted by molar-refractivity contribution is -0.121. The van der Waals surface area contributed by atoms with Crippen LogP contribution in [0, 0.1) is 5.41 Å². The Morgan fingerprint density at radius 2 is 1.58 bits per heavy atom. The van der Waals surface area contributed by atoms with Gasteiger partial charge in [-0.2, -0.15) is 16.8 Å². The number of hydrogen-bond donors (Lipinski definition) is 8. The monoisotopic (exact) mass is 848 g/mol. The van der Waals surface area contributed by atoms with Crippen molar-refractivity contribution in [1.29, 1.82) is 5.41 Å². The van der Waals surface area contributed by atoms with E-state index < -0.39 is 69.9 Å². The number of fused-ring (bicyclic) bond motifs is 3. The van der Waals surface area contributed by atoms with Crippen LogP contribution in [0.15, 0.2) is 87.0 Å². The number of para-hydroxylation sites is 1. The van der Waals surface area contributed by atoms with Gasteiger partial charge in [0.25, 0.3) is 26.1 Å². The highest BCUT2D eigenvalue weighted by Crippen LogP contribution is 2.46. The van der Waals surface area contributed by atoms with Crippen molar-refractivity contribution in [2.45, 2.75) is 48.6 Å². The summed E-state index contributed by atoms with van der Waals surface area (Å²) in [5, 5.41) is 24.2. The molecule has 9 N–H and O–H groups in total. The SMILES string of the molecule is CNOCc1cc2ccccc2n1CCC(=O)NCCCCCNC(=O)c1ccc(C(=O)O)c(-c2c3ccc(=N)c(S(=O)(=O)O)c-3oc3c(S(=O)(=O)O)c(N)ccc23)c1. The van der Waals surface area contributed by atoms with Crippen molar-refractivity contribution in [2.75, 3.05) is 25.9 Å². The third-order valence-electron chi connectivity index (χ3n) is 9.58. The molecule has 0 saturated heterocycles. The number of aromatic carboxylic acids is 1. The molecule has 1 aliphatic heterocycles. The van der Waals surface area contributed by atoms with Gasteiger partial charge in [-0.1, -0.05) is 18.2 Å². The summed E-state index contributed by atoms with van der Waals surface area (Å²) in [6, 6.07) is 18.1. The maximum Gasteiger partial charge on any atom is 0.336 e. The number of benzene rings is 4. The highest BCUT2D eigenvalue weighted by atomic mass is 32.2. The van der Waals surface area contributed by atoms with Crippen LogP contribution in [0.4, 0.5) is 5.69 Å². The lowest BCUT2D eigenvalue weighted by Crippen LogP contribution is -2.26. The number of unbranched alkanes of at least 4 members (excludes halogenated alkanes) is 2. The zero-order chi connectivity index (χ0) is 42.6. The van der Waals surface area contributed by atoms with E-state index in [1.54, 1.807) is 7.05 Å². The molecule has 0 bridgehead atoms. The second-order valence-corrected chi connectivity index (χ2v) is 16.1. The van der Waals surface area contributed by atoms with Crippen molar-refractivity contribution < 1.29 is 54.7 Å². The van der Waals surface area contributed by atoms with Crippen LogP contribution in [0.1, 0.15) is 52.1 Å². The first kappa shape index (κ1) is 42.4. The van der Waals surface area contributed by atoms with E-state index >= 15 is 0 Å². The number of hydroxylamine groups is 1. The lowest BCUT2D eigenvalue weighted by Gasteiger charge is -2.20.